The third-order valence-corrected chi connectivity index (χ3v) is 13.8. The largest absolute Gasteiger partial charge is 0.455 e. The number of pyridine rings is 1. The predicted octanol–water partition coefficient (Wildman–Crippen LogP) is 8.32. The van der Waals surface area contributed by atoms with Crippen LogP contribution >= 0.6 is 0 Å². The van der Waals surface area contributed by atoms with Crippen LogP contribution in [0.5, 0.6) is 11.5 Å². The molecule has 66 heavy (non-hydrogen) atoms. The van der Waals surface area contributed by atoms with Crippen LogP contribution in [0.3, 0.4) is 0 Å². The molecule has 2 aromatic heterocycles. The SMILES string of the molecule is CC1(C)CCC(CN2CCN(c3ccc(C(=O)NS(=O)(=O)c4ccc(NCCCN5CCOCC5)c([N+](=O)[O-])c4)c(Oc4cnc5[nH]ccc5c4)c3)CC2)=C(c2ccc(C(F)(F)F)cc2)C1. The Kier molecular flexibility index (Phi) is 13.7. The molecular formula is C47H53F3N8O7S. The van der Waals surface area contributed by atoms with Crippen LogP contribution in [0.25, 0.3) is 16.6 Å². The highest BCUT2D eigenvalue weighted by molar-refractivity contribution is 7.90. The summed E-state index contributed by atoms with van der Waals surface area (Å²) >= 11 is 0. The molecular weight excluding hydrogens is 878 g/mol. The number of fused-ring (bicyclic) bond motifs is 1. The lowest BCUT2D eigenvalue weighted by atomic mass is 9.72. The maximum Gasteiger partial charge on any atom is 0.416 e. The molecule has 19 heteroatoms. The highest BCUT2D eigenvalue weighted by atomic mass is 32.2. The molecule has 15 nitrogen and oxygen atoms in total. The predicted molar refractivity (Wildman–Crippen MR) is 245 cm³/mol. The molecule has 4 heterocycles. The number of allylic oxidation sites excluding steroid dienone is 1. The lowest BCUT2D eigenvalue weighted by Gasteiger charge is -2.39. The van der Waals surface area contributed by atoms with Crippen molar-refractivity contribution in [3.05, 3.63) is 118 Å². The van der Waals surface area contributed by atoms with Gasteiger partial charge in [-0.2, -0.15) is 13.2 Å². The summed E-state index contributed by atoms with van der Waals surface area (Å²) in [5, 5.41) is 15.9. The molecule has 0 unspecified atom stereocenters. The Hall–Kier alpha value is -6.02. The van der Waals surface area contributed by atoms with Gasteiger partial charge in [-0.15, -0.1) is 0 Å². The monoisotopic (exact) mass is 930 g/mol. The summed E-state index contributed by atoms with van der Waals surface area (Å²) in [4.78, 5) is 39.0. The van der Waals surface area contributed by atoms with Crippen LogP contribution < -0.4 is 19.7 Å². The number of ether oxygens (including phenoxy) is 2. The molecule has 0 radical (unpaired) electrons. The number of amides is 1. The van der Waals surface area contributed by atoms with E-state index >= 15 is 0 Å². The van der Waals surface area contributed by atoms with Gasteiger partial charge in [0.1, 0.15) is 22.8 Å². The van der Waals surface area contributed by atoms with Crippen LogP contribution in [0.1, 0.15) is 61.0 Å². The van der Waals surface area contributed by atoms with E-state index in [-0.39, 0.29) is 22.4 Å². The van der Waals surface area contributed by atoms with Crippen molar-refractivity contribution in [3.63, 3.8) is 0 Å². The second-order valence-corrected chi connectivity index (χ2v) is 19.4. The van der Waals surface area contributed by atoms with Crippen molar-refractivity contribution in [2.24, 2.45) is 5.41 Å². The topological polar surface area (TPSA) is 175 Å². The number of nitro benzene ring substituents is 1. The summed E-state index contributed by atoms with van der Waals surface area (Å²) < 4.78 is 81.3. The first kappa shape index (κ1) is 46.5. The number of benzene rings is 3. The van der Waals surface area contributed by atoms with E-state index in [1.165, 1.54) is 30.0 Å². The van der Waals surface area contributed by atoms with Crippen LogP contribution in [-0.4, -0.2) is 111 Å². The number of anilines is 2. The molecule has 2 fully saturated rings. The Morgan fingerprint density at radius 2 is 1.73 bits per heavy atom. The van der Waals surface area contributed by atoms with Gasteiger partial charge >= 0.3 is 6.18 Å². The molecule has 0 spiro atoms. The number of alkyl halides is 3. The number of carbonyl (C=O) groups excluding carboxylic acids is 1. The number of sulfonamides is 1. The number of carbonyl (C=O) groups is 1. The number of aromatic nitrogens is 2. The number of hydrogen-bond acceptors (Lipinski definition) is 12. The normalized spacial score (nSPS) is 17.5. The first-order chi connectivity index (χ1) is 31.5. The minimum absolute atomic E-state index is 0.0179. The third kappa shape index (κ3) is 11.1. The Morgan fingerprint density at radius 1 is 0.970 bits per heavy atom. The number of halogens is 3. The van der Waals surface area contributed by atoms with Gasteiger partial charge in [-0.05, 0) is 97.3 Å². The van der Waals surface area contributed by atoms with E-state index in [1.807, 2.05) is 6.07 Å². The van der Waals surface area contributed by atoms with Gasteiger partial charge in [0, 0.05) is 81.8 Å². The van der Waals surface area contributed by atoms with E-state index in [4.69, 9.17) is 9.47 Å². The zero-order valence-corrected chi connectivity index (χ0v) is 37.6. The number of piperazine rings is 1. The van der Waals surface area contributed by atoms with E-state index in [0.717, 1.165) is 79.3 Å². The van der Waals surface area contributed by atoms with Crippen LogP contribution in [-0.2, 0) is 20.9 Å². The Balaban J connectivity index is 0.979. The molecule has 3 aliphatic rings. The van der Waals surface area contributed by atoms with Crippen LogP contribution in [0.2, 0.25) is 0 Å². The molecule has 0 bridgehead atoms. The quantitative estimate of drug-likeness (QED) is 0.0521. The molecule has 3 aromatic carbocycles. The maximum atomic E-state index is 13.9. The highest BCUT2D eigenvalue weighted by Crippen LogP contribution is 2.44. The van der Waals surface area contributed by atoms with Gasteiger partial charge < -0.3 is 24.7 Å². The number of aromatic amines is 1. The number of nitro groups is 1. The smallest absolute Gasteiger partial charge is 0.416 e. The minimum Gasteiger partial charge on any atom is -0.455 e. The average Bonchev–Trinajstić information content (AvgIpc) is 3.77. The number of nitrogens with one attached hydrogen (secondary N) is 3. The zero-order chi connectivity index (χ0) is 46.6. The number of rotatable bonds is 15. The lowest BCUT2D eigenvalue weighted by Crippen LogP contribution is -2.47. The van der Waals surface area contributed by atoms with Crippen LogP contribution in [0.4, 0.5) is 30.2 Å². The average molecular weight is 931 g/mol. The third-order valence-electron chi connectivity index (χ3n) is 12.5. The number of H-pyrrole nitrogens is 1. The molecule has 5 aromatic rings. The van der Waals surface area contributed by atoms with Crippen molar-refractivity contribution >= 4 is 49.6 Å². The summed E-state index contributed by atoms with van der Waals surface area (Å²) in [6, 6.07) is 17.4. The van der Waals surface area contributed by atoms with Gasteiger partial charge in [-0.25, -0.2) is 18.1 Å². The lowest BCUT2D eigenvalue weighted by molar-refractivity contribution is -0.384. The van der Waals surface area contributed by atoms with Crippen molar-refractivity contribution in [2.45, 2.75) is 50.6 Å². The summed E-state index contributed by atoms with van der Waals surface area (Å²) in [6.07, 6.45) is 2.11. The number of hydrogen-bond donors (Lipinski definition) is 3. The summed E-state index contributed by atoms with van der Waals surface area (Å²) in [6.45, 7) is 11.8. The fourth-order valence-corrected chi connectivity index (χ4v) is 9.74. The van der Waals surface area contributed by atoms with E-state index < -0.39 is 43.2 Å². The van der Waals surface area contributed by atoms with Gasteiger partial charge in [-0.3, -0.25) is 24.7 Å². The second-order valence-electron chi connectivity index (χ2n) is 17.7. The molecule has 350 valence electrons. The Bertz CT molecular complexity index is 2710. The molecule has 3 N–H and O–H groups in total. The van der Waals surface area contributed by atoms with Crippen LogP contribution in [0, 0.1) is 15.5 Å². The van der Waals surface area contributed by atoms with Crippen molar-refractivity contribution in [1.82, 2.24) is 24.5 Å². The fourth-order valence-electron chi connectivity index (χ4n) is 8.76. The van der Waals surface area contributed by atoms with E-state index in [0.29, 0.717) is 70.3 Å². The Morgan fingerprint density at radius 3 is 2.45 bits per heavy atom. The molecule has 1 aliphatic carbocycles. The molecule has 2 aliphatic heterocycles. The standard InChI is InChI=1S/C47H53F3N8O7S/c1-46(2)14-12-34(40(29-46)32-4-6-35(7-5-32)47(48,49)50)31-56-18-20-57(21-19-56)36-8-10-39(43(27-36)65-37-26-33-13-16-52-44(33)53-30-37)45(59)54-66(62,63)38-9-11-41(42(28-38)58(60)61)51-15-3-17-55-22-24-64-25-23-55/h4-11,13,16,26-28,30,51H,3,12,14-15,17-25,29,31H2,1-2H3,(H,52,53)(H,54,59). The summed E-state index contributed by atoms with van der Waals surface area (Å²) in [5.74, 6) is -0.631. The molecule has 0 atom stereocenters. The van der Waals surface area contributed by atoms with Gasteiger partial charge in [0.2, 0.25) is 0 Å². The second kappa shape index (κ2) is 19.4. The first-order valence-corrected chi connectivity index (χ1v) is 23.5. The number of morpholine rings is 1. The van der Waals surface area contributed by atoms with Crippen molar-refractivity contribution in [1.29, 1.82) is 0 Å². The maximum absolute atomic E-state index is 13.9. The van der Waals surface area contributed by atoms with E-state index in [9.17, 15) is 36.5 Å². The molecule has 2 saturated heterocycles. The highest BCUT2D eigenvalue weighted by Gasteiger charge is 2.33. The van der Waals surface area contributed by atoms with Gasteiger partial charge in [0.05, 0.1) is 40.4 Å². The minimum atomic E-state index is -4.60. The van der Waals surface area contributed by atoms with Crippen molar-refractivity contribution < 1.29 is 40.8 Å². The van der Waals surface area contributed by atoms with Crippen molar-refractivity contribution in [3.8, 4) is 11.5 Å². The van der Waals surface area contributed by atoms with E-state index in [2.05, 4.69) is 48.6 Å². The zero-order valence-electron chi connectivity index (χ0n) is 36.8. The fraction of sp³-hybridized carbons (Fsp3) is 0.404. The Labute approximate surface area is 381 Å². The summed E-state index contributed by atoms with van der Waals surface area (Å²) in [5.41, 5.74) is 3.47. The number of nitrogens with zero attached hydrogens (tertiary/aromatic N) is 5. The summed E-state index contributed by atoms with van der Waals surface area (Å²) in [7, 11) is -4.60. The van der Waals surface area contributed by atoms with E-state index in [1.54, 1.807) is 36.5 Å². The molecule has 0 saturated carbocycles. The molecule has 1 amide bonds. The van der Waals surface area contributed by atoms with Crippen LogP contribution in [0.15, 0.2) is 95.7 Å². The van der Waals surface area contributed by atoms with Gasteiger partial charge in [0.15, 0.2) is 0 Å². The van der Waals surface area contributed by atoms with Crippen molar-refractivity contribution in [2.75, 3.05) is 82.3 Å². The van der Waals surface area contributed by atoms with Gasteiger partial charge in [-0.1, -0.05) is 31.6 Å². The molecule has 8 rings (SSSR count). The van der Waals surface area contributed by atoms with Gasteiger partial charge in [0.25, 0.3) is 21.6 Å². The first-order valence-electron chi connectivity index (χ1n) is 22.0.